The number of nitrogens with one attached hydrogen (secondary N) is 1. The fraction of sp³-hybridized carbons (Fsp3) is 0.818. The van der Waals surface area contributed by atoms with Gasteiger partial charge in [0.2, 0.25) is 0 Å². The molecule has 0 aliphatic carbocycles. The molecule has 0 aromatic heterocycles. The van der Waals surface area contributed by atoms with Gasteiger partial charge < -0.3 is 10.1 Å². The Balaban J connectivity index is 0.000000980. The molecule has 0 unspecified atom stereocenters. The standard InChI is InChI=1S/C11H19NO.ClH/c1-2-11(9-12-5-1)8-10-3-6-13-7-4-10;/h8,10,12H,1-7,9H2;1H/b11-8-;. The Bertz CT molecular complexity index is 180. The number of allylic oxidation sites excluding steroid dienone is 1. The smallest absolute Gasteiger partial charge is 0.0471 e. The molecule has 0 amide bonds. The summed E-state index contributed by atoms with van der Waals surface area (Å²) in [4.78, 5) is 0. The van der Waals surface area contributed by atoms with E-state index in [4.69, 9.17) is 4.74 Å². The van der Waals surface area contributed by atoms with E-state index in [1.54, 1.807) is 5.57 Å². The minimum Gasteiger partial charge on any atom is -0.381 e. The highest BCUT2D eigenvalue weighted by molar-refractivity contribution is 5.85. The molecule has 0 aromatic carbocycles. The normalized spacial score (nSPS) is 27.3. The lowest BCUT2D eigenvalue weighted by molar-refractivity contribution is 0.0782. The molecule has 2 heterocycles. The lowest BCUT2D eigenvalue weighted by Crippen LogP contribution is -2.25. The van der Waals surface area contributed by atoms with E-state index in [1.807, 2.05) is 0 Å². The van der Waals surface area contributed by atoms with E-state index in [9.17, 15) is 0 Å². The average molecular weight is 218 g/mol. The molecule has 0 spiro atoms. The summed E-state index contributed by atoms with van der Waals surface area (Å²) in [6.45, 7) is 4.24. The summed E-state index contributed by atoms with van der Waals surface area (Å²) >= 11 is 0. The molecule has 0 radical (unpaired) electrons. The van der Waals surface area contributed by atoms with Crippen molar-refractivity contribution < 1.29 is 4.74 Å². The number of halogens is 1. The van der Waals surface area contributed by atoms with Crippen LogP contribution in [0, 0.1) is 5.92 Å². The van der Waals surface area contributed by atoms with Gasteiger partial charge in [-0.05, 0) is 38.1 Å². The molecular formula is C11H20ClNO. The van der Waals surface area contributed by atoms with Crippen LogP contribution in [0.25, 0.3) is 0 Å². The van der Waals surface area contributed by atoms with Crippen molar-refractivity contribution in [3.8, 4) is 0 Å². The molecule has 2 aliphatic heterocycles. The Morgan fingerprint density at radius 2 is 2.07 bits per heavy atom. The second kappa shape index (κ2) is 6.44. The molecule has 2 fully saturated rings. The number of piperidine rings is 1. The predicted molar refractivity (Wildman–Crippen MR) is 61.0 cm³/mol. The summed E-state index contributed by atoms with van der Waals surface area (Å²) in [6, 6.07) is 0. The first-order valence-electron chi connectivity index (χ1n) is 5.43. The molecule has 2 saturated heterocycles. The highest BCUT2D eigenvalue weighted by atomic mass is 35.5. The van der Waals surface area contributed by atoms with E-state index >= 15 is 0 Å². The van der Waals surface area contributed by atoms with Crippen LogP contribution in [0.5, 0.6) is 0 Å². The van der Waals surface area contributed by atoms with Crippen LogP contribution in [0.4, 0.5) is 0 Å². The van der Waals surface area contributed by atoms with Crippen LogP contribution in [0.15, 0.2) is 11.6 Å². The van der Waals surface area contributed by atoms with Gasteiger partial charge in [-0.1, -0.05) is 11.6 Å². The molecule has 82 valence electrons. The largest absolute Gasteiger partial charge is 0.381 e. The summed E-state index contributed by atoms with van der Waals surface area (Å²) in [5.41, 5.74) is 1.62. The van der Waals surface area contributed by atoms with Crippen molar-refractivity contribution in [3.63, 3.8) is 0 Å². The van der Waals surface area contributed by atoms with Crippen LogP contribution in [0.1, 0.15) is 25.7 Å². The van der Waals surface area contributed by atoms with Crippen LogP contribution < -0.4 is 5.32 Å². The third-order valence-electron chi connectivity index (χ3n) is 2.94. The molecule has 0 atom stereocenters. The van der Waals surface area contributed by atoms with E-state index in [0.29, 0.717) is 0 Å². The van der Waals surface area contributed by atoms with Crippen LogP contribution in [0.2, 0.25) is 0 Å². The first-order valence-corrected chi connectivity index (χ1v) is 5.43. The zero-order valence-corrected chi connectivity index (χ0v) is 9.44. The van der Waals surface area contributed by atoms with Gasteiger partial charge in [0.15, 0.2) is 0 Å². The Hall–Kier alpha value is -0.0500. The summed E-state index contributed by atoms with van der Waals surface area (Å²) in [5.74, 6) is 0.795. The highest BCUT2D eigenvalue weighted by Gasteiger charge is 2.13. The van der Waals surface area contributed by atoms with Gasteiger partial charge in [0.25, 0.3) is 0 Å². The fourth-order valence-electron chi connectivity index (χ4n) is 2.14. The summed E-state index contributed by atoms with van der Waals surface area (Å²) in [6.07, 6.45) is 7.57. The Morgan fingerprint density at radius 3 is 2.71 bits per heavy atom. The lowest BCUT2D eigenvalue weighted by Gasteiger charge is -2.22. The molecule has 14 heavy (non-hydrogen) atoms. The minimum absolute atomic E-state index is 0. The fourth-order valence-corrected chi connectivity index (χ4v) is 2.14. The summed E-state index contributed by atoms with van der Waals surface area (Å²) in [5, 5.41) is 3.42. The van der Waals surface area contributed by atoms with Crippen LogP contribution in [-0.2, 0) is 4.74 Å². The van der Waals surface area contributed by atoms with Crippen LogP contribution in [0.3, 0.4) is 0 Å². The van der Waals surface area contributed by atoms with Crippen molar-refractivity contribution in [2.75, 3.05) is 26.3 Å². The van der Waals surface area contributed by atoms with Gasteiger partial charge in [-0.3, -0.25) is 0 Å². The molecule has 2 aliphatic rings. The molecule has 0 aromatic rings. The van der Waals surface area contributed by atoms with Gasteiger partial charge in [-0.25, -0.2) is 0 Å². The van der Waals surface area contributed by atoms with Gasteiger partial charge in [-0.2, -0.15) is 0 Å². The summed E-state index contributed by atoms with van der Waals surface area (Å²) in [7, 11) is 0. The predicted octanol–water partition coefficient (Wildman–Crippen LogP) is 2.14. The third kappa shape index (κ3) is 3.60. The second-order valence-corrected chi connectivity index (χ2v) is 4.06. The maximum atomic E-state index is 5.34. The molecule has 1 N–H and O–H groups in total. The first kappa shape index (κ1) is 12.0. The number of rotatable bonds is 1. The molecule has 0 bridgehead atoms. The number of hydrogen-bond donors (Lipinski definition) is 1. The summed E-state index contributed by atoms with van der Waals surface area (Å²) < 4.78 is 5.34. The molecule has 2 rings (SSSR count). The first-order chi connectivity index (χ1) is 6.45. The van der Waals surface area contributed by atoms with Crippen molar-refractivity contribution in [1.29, 1.82) is 0 Å². The van der Waals surface area contributed by atoms with Gasteiger partial charge in [-0.15, -0.1) is 12.4 Å². The Kier molecular flexibility index (Phi) is 5.53. The van der Waals surface area contributed by atoms with Gasteiger partial charge in [0, 0.05) is 19.8 Å². The van der Waals surface area contributed by atoms with Crippen molar-refractivity contribution in [1.82, 2.24) is 5.32 Å². The monoisotopic (exact) mass is 217 g/mol. The van der Waals surface area contributed by atoms with E-state index in [2.05, 4.69) is 11.4 Å². The zero-order valence-electron chi connectivity index (χ0n) is 8.63. The maximum absolute atomic E-state index is 5.34. The average Bonchev–Trinajstić information content (AvgIpc) is 2.21. The van der Waals surface area contributed by atoms with E-state index in [-0.39, 0.29) is 12.4 Å². The maximum Gasteiger partial charge on any atom is 0.0471 e. The molecular weight excluding hydrogens is 198 g/mol. The van der Waals surface area contributed by atoms with Crippen molar-refractivity contribution in [2.24, 2.45) is 5.92 Å². The Labute approximate surface area is 92.5 Å². The number of hydrogen-bond acceptors (Lipinski definition) is 2. The topological polar surface area (TPSA) is 21.3 Å². The van der Waals surface area contributed by atoms with Crippen molar-refractivity contribution >= 4 is 12.4 Å². The molecule has 2 nitrogen and oxygen atoms in total. The second-order valence-electron chi connectivity index (χ2n) is 4.06. The van der Waals surface area contributed by atoms with E-state index < -0.39 is 0 Å². The van der Waals surface area contributed by atoms with Crippen molar-refractivity contribution in [3.05, 3.63) is 11.6 Å². The van der Waals surface area contributed by atoms with Crippen molar-refractivity contribution in [2.45, 2.75) is 25.7 Å². The van der Waals surface area contributed by atoms with Gasteiger partial charge in [0.1, 0.15) is 0 Å². The Morgan fingerprint density at radius 1 is 1.29 bits per heavy atom. The van der Waals surface area contributed by atoms with Crippen LogP contribution >= 0.6 is 12.4 Å². The van der Waals surface area contributed by atoms with Gasteiger partial charge in [0.05, 0.1) is 0 Å². The van der Waals surface area contributed by atoms with Gasteiger partial charge >= 0.3 is 0 Å². The SMILES string of the molecule is C(=C1\CCCNC1)/C1CCOCC1.Cl. The van der Waals surface area contributed by atoms with Crippen LogP contribution in [-0.4, -0.2) is 26.3 Å². The third-order valence-corrected chi connectivity index (χ3v) is 2.94. The van der Waals surface area contributed by atoms with E-state index in [0.717, 1.165) is 25.7 Å². The molecule has 3 heteroatoms. The van der Waals surface area contributed by atoms with E-state index in [1.165, 1.54) is 32.2 Å². The minimum atomic E-state index is 0. The quantitative estimate of drug-likeness (QED) is 0.680. The number of ether oxygens (including phenoxy) is 1. The lowest BCUT2D eigenvalue weighted by atomic mass is 9.94. The zero-order chi connectivity index (χ0) is 8.93. The molecule has 0 saturated carbocycles. The highest BCUT2D eigenvalue weighted by Crippen LogP contribution is 2.20.